The van der Waals surface area contributed by atoms with Gasteiger partial charge in [0.2, 0.25) is 5.89 Å². The summed E-state index contributed by atoms with van der Waals surface area (Å²) in [5.41, 5.74) is 1.91. The summed E-state index contributed by atoms with van der Waals surface area (Å²) in [7, 11) is 0. The van der Waals surface area contributed by atoms with Gasteiger partial charge in [0.1, 0.15) is 0 Å². The second-order valence-electron chi connectivity index (χ2n) is 12.9. The molecule has 204 valence electrons. The molecule has 3 aromatic rings. The van der Waals surface area contributed by atoms with E-state index in [4.69, 9.17) is 14.0 Å². The van der Waals surface area contributed by atoms with E-state index in [1.54, 1.807) is 0 Å². The quantitative estimate of drug-likeness (QED) is 0.360. The Morgan fingerprint density at radius 3 is 2.26 bits per heavy atom. The van der Waals surface area contributed by atoms with Gasteiger partial charge in [0.05, 0.1) is 0 Å². The smallest absolute Gasteiger partial charge is 0.324 e. The van der Waals surface area contributed by atoms with E-state index in [1.807, 2.05) is 21.9 Å². The lowest BCUT2D eigenvalue weighted by Gasteiger charge is -2.53. The summed E-state index contributed by atoms with van der Waals surface area (Å²) in [6, 6.07) is 8.24. The van der Waals surface area contributed by atoms with Crippen molar-refractivity contribution in [1.29, 1.82) is 0 Å². The second kappa shape index (κ2) is 8.89. The average molecular weight is 529 g/mol. The van der Waals surface area contributed by atoms with Crippen molar-refractivity contribution >= 4 is 11.7 Å². The first-order chi connectivity index (χ1) is 19.1. The normalized spacial score (nSPS) is 28.3. The van der Waals surface area contributed by atoms with Gasteiger partial charge >= 0.3 is 6.03 Å². The van der Waals surface area contributed by atoms with Crippen LogP contribution in [0.4, 0.5) is 10.5 Å². The van der Waals surface area contributed by atoms with Crippen molar-refractivity contribution in [3.63, 3.8) is 0 Å². The zero-order valence-electron chi connectivity index (χ0n) is 22.5. The van der Waals surface area contributed by atoms with Gasteiger partial charge in [-0.25, -0.2) is 4.79 Å². The highest BCUT2D eigenvalue weighted by atomic mass is 16.5. The van der Waals surface area contributed by atoms with Crippen molar-refractivity contribution in [3.8, 4) is 11.5 Å². The van der Waals surface area contributed by atoms with Crippen LogP contribution in [0, 0.1) is 5.41 Å². The Hall–Kier alpha value is -3.23. The fourth-order valence-electron chi connectivity index (χ4n) is 7.13. The Balaban J connectivity index is 1.05. The first kappa shape index (κ1) is 23.6. The van der Waals surface area contributed by atoms with Gasteiger partial charge in [-0.3, -0.25) is 4.90 Å². The molecule has 2 amide bonds. The number of carbonyl (C=O) groups excluding carboxylic acids is 1. The first-order valence-corrected chi connectivity index (χ1v) is 14.9. The number of amides is 2. The van der Waals surface area contributed by atoms with E-state index in [0.29, 0.717) is 17.7 Å². The SMILES string of the molecule is O=C(N1CCCC1)N(CC12CCC(c3nc(C4CC4)no3)(CC1)CC2)c1cccc(-c2nc(C3CC3)no2)c1. The third-order valence-electron chi connectivity index (χ3n) is 10.1. The number of nitrogens with zero attached hydrogens (tertiary/aromatic N) is 6. The van der Waals surface area contributed by atoms with E-state index in [0.717, 1.165) is 113 Å². The number of fused-ring (bicyclic) bond motifs is 3. The largest absolute Gasteiger partial charge is 0.339 e. The third kappa shape index (κ3) is 4.25. The maximum atomic E-state index is 14.0. The van der Waals surface area contributed by atoms with Gasteiger partial charge < -0.3 is 13.9 Å². The molecule has 0 N–H and O–H groups in total. The van der Waals surface area contributed by atoms with Crippen LogP contribution in [0.5, 0.6) is 0 Å². The number of hydrogen-bond donors (Lipinski definition) is 0. The summed E-state index contributed by atoms with van der Waals surface area (Å²) in [4.78, 5) is 27.6. The maximum absolute atomic E-state index is 14.0. The Kier molecular flexibility index (Phi) is 5.39. The molecule has 1 saturated heterocycles. The van der Waals surface area contributed by atoms with E-state index >= 15 is 0 Å². The molecule has 3 heterocycles. The summed E-state index contributed by atoms with van der Waals surface area (Å²) in [5.74, 6) is 4.07. The van der Waals surface area contributed by atoms with Gasteiger partial charge in [-0.2, -0.15) is 9.97 Å². The van der Waals surface area contributed by atoms with Crippen molar-refractivity contribution in [3.05, 3.63) is 41.8 Å². The number of hydrogen-bond acceptors (Lipinski definition) is 7. The predicted molar refractivity (Wildman–Crippen MR) is 143 cm³/mol. The molecule has 0 spiro atoms. The van der Waals surface area contributed by atoms with E-state index in [2.05, 4.69) is 27.4 Å². The van der Waals surface area contributed by atoms with Crippen LogP contribution in [0.2, 0.25) is 0 Å². The minimum absolute atomic E-state index is 0.0167. The molecule has 5 saturated carbocycles. The number of rotatable bonds is 7. The van der Waals surface area contributed by atoms with Gasteiger partial charge in [0.15, 0.2) is 11.6 Å². The Morgan fingerprint density at radius 1 is 0.897 bits per heavy atom. The van der Waals surface area contributed by atoms with Gasteiger partial charge in [-0.1, -0.05) is 16.4 Å². The lowest BCUT2D eigenvalue weighted by molar-refractivity contribution is 0.0283. The summed E-state index contributed by atoms with van der Waals surface area (Å²) in [6.07, 6.45) is 13.2. The summed E-state index contributed by atoms with van der Waals surface area (Å²) in [6.45, 7) is 2.40. The molecule has 2 bridgehead atoms. The lowest BCUT2D eigenvalue weighted by Crippen LogP contribution is -2.52. The zero-order chi connectivity index (χ0) is 26.0. The number of aromatic nitrogens is 4. The molecule has 2 aromatic heterocycles. The van der Waals surface area contributed by atoms with Gasteiger partial charge in [-0.05, 0) is 101 Å². The number of carbonyl (C=O) groups is 1. The second-order valence-corrected chi connectivity index (χ2v) is 12.9. The van der Waals surface area contributed by atoms with Crippen LogP contribution in [0.1, 0.15) is 106 Å². The number of anilines is 1. The minimum atomic E-state index is 0.0167. The molecular weight excluding hydrogens is 492 g/mol. The number of urea groups is 1. The average Bonchev–Trinajstić information content (AvgIpc) is 3.83. The molecule has 0 atom stereocenters. The maximum Gasteiger partial charge on any atom is 0.324 e. The van der Waals surface area contributed by atoms with Crippen molar-refractivity contribution in [1.82, 2.24) is 25.2 Å². The van der Waals surface area contributed by atoms with Crippen LogP contribution in [0.15, 0.2) is 33.3 Å². The standard InChI is InChI=1S/C30H36N6O3/c37-28(35-16-1-2-17-35)36(23-5-3-4-22(18-23)26-31-24(33-38-26)20-6-7-20)19-29-10-13-30(14-11-29,15-12-29)27-32-25(34-39-27)21-8-9-21/h3-5,18,20-21H,1-2,6-17,19H2. The topological polar surface area (TPSA) is 101 Å². The molecule has 39 heavy (non-hydrogen) atoms. The van der Waals surface area contributed by atoms with E-state index < -0.39 is 0 Å². The van der Waals surface area contributed by atoms with E-state index in [-0.39, 0.29) is 16.9 Å². The first-order valence-electron chi connectivity index (χ1n) is 14.9. The van der Waals surface area contributed by atoms with Crippen molar-refractivity contribution in [2.24, 2.45) is 5.41 Å². The fourth-order valence-corrected chi connectivity index (χ4v) is 7.13. The number of likely N-dealkylation sites (tertiary alicyclic amines) is 1. The molecule has 1 aliphatic heterocycles. The van der Waals surface area contributed by atoms with Crippen LogP contribution < -0.4 is 4.90 Å². The minimum Gasteiger partial charge on any atom is -0.339 e. The van der Waals surface area contributed by atoms with E-state index in [9.17, 15) is 4.79 Å². The lowest BCUT2D eigenvalue weighted by atomic mass is 9.53. The van der Waals surface area contributed by atoms with Crippen LogP contribution in [0.3, 0.4) is 0 Å². The molecule has 5 aliphatic carbocycles. The Morgan fingerprint density at radius 2 is 1.56 bits per heavy atom. The molecule has 9 rings (SSSR count). The van der Waals surface area contributed by atoms with Crippen LogP contribution in [-0.4, -0.2) is 50.8 Å². The molecule has 9 heteroatoms. The third-order valence-corrected chi connectivity index (χ3v) is 10.1. The highest BCUT2D eigenvalue weighted by Gasteiger charge is 2.53. The van der Waals surface area contributed by atoms with Gasteiger partial charge in [0.25, 0.3) is 5.89 Å². The van der Waals surface area contributed by atoms with Gasteiger partial charge in [-0.15, -0.1) is 0 Å². The summed E-state index contributed by atoms with van der Waals surface area (Å²) < 4.78 is 11.5. The number of benzene rings is 1. The molecule has 0 unspecified atom stereocenters. The van der Waals surface area contributed by atoms with Crippen molar-refractivity contribution in [2.45, 2.75) is 94.3 Å². The van der Waals surface area contributed by atoms with Crippen LogP contribution in [-0.2, 0) is 5.41 Å². The van der Waals surface area contributed by atoms with Crippen molar-refractivity contribution < 1.29 is 13.8 Å². The monoisotopic (exact) mass is 528 g/mol. The van der Waals surface area contributed by atoms with Crippen molar-refractivity contribution in [2.75, 3.05) is 24.5 Å². The molecule has 9 nitrogen and oxygen atoms in total. The molecular formula is C30H36N6O3. The highest BCUT2D eigenvalue weighted by molar-refractivity contribution is 5.93. The molecule has 6 fully saturated rings. The van der Waals surface area contributed by atoms with Crippen LogP contribution in [0.25, 0.3) is 11.5 Å². The van der Waals surface area contributed by atoms with Gasteiger partial charge in [0, 0.05) is 48.1 Å². The van der Waals surface area contributed by atoms with Crippen LogP contribution >= 0.6 is 0 Å². The zero-order valence-corrected chi connectivity index (χ0v) is 22.5. The van der Waals surface area contributed by atoms with E-state index in [1.165, 1.54) is 12.8 Å². The fraction of sp³-hybridized carbons (Fsp3) is 0.633. The molecule has 0 radical (unpaired) electrons. The summed E-state index contributed by atoms with van der Waals surface area (Å²) in [5, 5.41) is 8.53. The molecule has 1 aromatic carbocycles. The Bertz CT molecular complexity index is 1360. The predicted octanol–water partition coefficient (Wildman–Crippen LogP) is 6.19. The Labute approximate surface area is 228 Å². The molecule has 6 aliphatic rings. The highest BCUT2D eigenvalue weighted by Crippen LogP contribution is 2.58. The summed E-state index contributed by atoms with van der Waals surface area (Å²) >= 11 is 0.